The van der Waals surface area contributed by atoms with Crippen LogP contribution in [0.2, 0.25) is 0 Å². The van der Waals surface area contributed by atoms with Gasteiger partial charge in [-0.05, 0) is 51.2 Å². The van der Waals surface area contributed by atoms with Gasteiger partial charge in [-0.3, -0.25) is 4.90 Å². The summed E-state index contributed by atoms with van der Waals surface area (Å²) in [5.74, 6) is 0.884. The van der Waals surface area contributed by atoms with E-state index in [1.54, 1.807) is 0 Å². The number of hydrogen-bond donors (Lipinski definition) is 1. The lowest BCUT2D eigenvalue weighted by Gasteiger charge is -2.31. The van der Waals surface area contributed by atoms with Gasteiger partial charge in [0.2, 0.25) is 0 Å². The van der Waals surface area contributed by atoms with Gasteiger partial charge in [0.1, 0.15) is 0 Å². The maximum Gasteiger partial charge on any atom is 0.0480 e. The fourth-order valence-electron chi connectivity index (χ4n) is 2.89. The van der Waals surface area contributed by atoms with Crippen molar-refractivity contribution in [3.63, 3.8) is 0 Å². The molecule has 2 aliphatic rings. The Morgan fingerprint density at radius 2 is 2.06 bits per heavy atom. The van der Waals surface area contributed by atoms with Crippen molar-refractivity contribution >= 4 is 0 Å². The van der Waals surface area contributed by atoms with Gasteiger partial charge < -0.3 is 10.1 Å². The molecule has 0 amide bonds. The Balaban J connectivity index is 1.66. The number of hydrogen-bond acceptors (Lipinski definition) is 3. The van der Waals surface area contributed by atoms with Crippen molar-refractivity contribution in [2.45, 2.75) is 38.6 Å². The van der Waals surface area contributed by atoms with E-state index in [4.69, 9.17) is 4.74 Å². The smallest absolute Gasteiger partial charge is 0.0480 e. The predicted octanol–water partition coefficient (Wildman–Crippen LogP) is 1.49. The molecule has 2 aliphatic heterocycles. The van der Waals surface area contributed by atoms with Crippen molar-refractivity contribution in [1.29, 1.82) is 0 Å². The maximum atomic E-state index is 5.43. The van der Waals surface area contributed by atoms with Crippen LogP contribution >= 0.6 is 0 Å². The lowest BCUT2D eigenvalue weighted by atomic mass is 10.1. The van der Waals surface area contributed by atoms with Crippen LogP contribution in [-0.2, 0) is 4.74 Å². The summed E-state index contributed by atoms with van der Waals surface area (Å²) in [7, 11) is 0. The van der Waals surface area contributed by atoms with Gasteiger partial charge in [-0.25, -0.2) is 0 Å². The predicted molar refractivity (Wildman–Crippen MR) is 66.7 cm³/mol. The van der Waals surface area contributed by atoms with E-state index in [9.17, 15) is 0 Å². The highest BCUT2D eigenvalue weighted by atomic mass is 16.5. The van der Waals surface area contributed by atoms with Crippen molar-refractivity contribution in [2.24, 2.45) is 5.92 Å². The van der Waals surface area contributed by atoms with Crippen LogP contribution in [0.25, 0.3) is 0 Å². The zero-order valence-electron chi connectivity index (χ0n) is 10.6. The molecule has 0 bridgehead atoms. The number of ether oxygens (including phenoxy) is 1. The molecule has 2 saturated heterocycles. The molecule has 1 N–H and O–H groups in total. The zero-order chi connectivity index (χ0) is 11.2. The van der Waals surface area contributed by atoms with Gasteiger partial charge in [0.25, 0.3) is 0 Å². The summed E-state index contributed by atoms with van der Waals surface area (Å²) < 4.78 is 5.43. The molecule has 3 heteroatoms. The van der Waals surface area contributed by atoms with Crippen LogP contribution in [0.4, 0.5) is 0 Å². The van der Waals surface area contributed by atoms with Gasteiger partial charge in [-0.15, -0.1) is 0 Å². The summed E-state index contributed by atoms with van der Waals surface area (Å²) in [6, 6.07) is 0.810. The van der Waals surface area contributed by atoms with Crippen molar-refractivity contribution in [2.75, 3.05) is 39.4 Å². The Bertz CT molecular complexity index is 192. The lowest BCUT2D eigenvalue weighted by Crippen LogP contribution is -2.38. The first kappa shape index (κ1) is 12.3. The van der Waals surface area contributed by atoms with Crippen molar-refractivity contribution in [1.82, 2.24) is 10.2 Å². The number of nitrogens with zero attached hydrogens (tertiary/aromatic N) is 1. The number of rotatable bonds is 5. The summed E-state index contributed by atoms with van der Waals surface area (Å²) in [6.45, 7) is 9.18. The summed E-state index contributed by atoms with van der Waals surface area (Å²) in [5, 5.41) is 3.55. The van der Waals surface area contributed by atoms with E-state index < -0.39 is 0 Å². The second-order valence-electron chi connectivity index (χ2n) is 5.20. The first-order valence-electron chi connectivity index (χ1n) is 6.92. The molecule has 2 fully saturated rings. The monoisotopic (exact) mass is 226 g/mol. The van der Waals surface area contributed by atoms with Gasteiger partial charge in [-0.1, -0.05) is 6.92 Å². The Morgan fingerprint density at radius 3 is 2.81 bits per heavy atom. The number of likely N-dealkylation sites (tertiary alicyclic amines) is 1. The second kappa shape index (κ2) is 6.58. The molecule has 94 valence electrons. The minimum absolute atomic E-state index is 0.810. The highest BCUT2D eigenvalue weighted by Gasteiger charge is 2.28. The van der Waals surface area contributed by atoms with Gasteiger partial charge >= 0.3 is 0 Å². The van der Waals surface area contributed by atoms with E-state index in [0.717, 1.165) is 25.2 Å². The van der Waals surface area contributed by atoms with Gasteiger partial charge in [-0.2, -0.15) is 0 Å². The van der Waals surface area contributed by atoms with Gasteiger partial charge in [0, 0.05) is 25.8 Å². The van der Waals surface area contributed by atoms with E-state index >= 15 is 0 Å². The van der Waals surface area contributed by atoms with Crippen molar-refractivity contribution in [3.05, 3.63) is 0 Å². The normalized spacial score (nSPS) is 28.7. The Hall–Kier alpha value is -0.120. The van der Waals surface area contributed by atoms with Crippen molar-refractivity contribution in [3.8, 4) is 0 Å². The molecule has 16 heavy (non-hydrogen) atoms. The highest BCUT2D eigenvalue weighted by molar-refractivity contribution is 4.83. The SMILES string of the molecule is CCCNCC1CCN(C2CCOCC2)C1. The Morgan fingerprint density at radius 1 is 1.25 bits per heavy atom. The minimum atomic E-state index is 0.810. The summed E-state index contributed by atoms with van der Waals surface area (Å²) >= 11 is 0. The van der Waals surface area contributed by atoms with E-state index in [1.165, 1.54) is 51.9 Å². The molecule has 0 saturated carbocycles. The molecular formula is C13H26N2O. The quantitative estimate of drug-likeness (QED) is 0.719. The summed E-state index contributed by atoms with van der Waals surface area (Å²) in [5.41, 5.74) is 0. The van der Waals surface area contributed by atoms with Crippen molar-refractivity contribution < 1.29 is 4.74 Å². The van der Waals surface area contributed by atoms with E-state index in [1.807, 2.05) is 0 Å². The van der Waals surface area contributed by atoms with E-state index in [-0.39, 0.29) is 0 Å². The summed E-state index contributed by atoms with van der Waals surface area (Å²) in [6.07, 6.45) is 5.12. The van der Waals surface area contributed by atoms with Crippen LogP contribution in [0, 0.1) is 5.92 Å². The largest absolute Gasteiger partial charge is 0.381 e. The third-order valence-corrected chi connectivity index (χ3v) is 3.88. The van der Waals surface area contributed by atoms with Gasteiger partial charge in [0.05, 0.1) is 0 Å². The molecule has 2 heterocycles. The average Bonchev–Trinajstić information content (AvgIpc) is 2.79. The fraction of sp³-hybridized carbons (Fsp3) is 1.00. The fourth-order valence-corrected chi connectivity index (χ4v) is 2.89. The topological polar surface area (TPSA) is 24.5 Å². The van der Waals surface area contributed by atoms with Crippen LogP contribution in [0.5, 0.6) is 0 Å². The molecule has 0 aliphatic carbocycles. The molecule has 0 aromatic heterocycles. The standard InChI is InChI=1S/C13H26N2O/c1-2-6-14-10-12-3-7-15(11-12)13-4-8-16-9-5-13/h12-14H,2-11H2,1H3. The molecule has 3 nitrogen and oxygen atoms in total. The maximum absolute atomic E-state index is 5.43. The lowest BCUT2D eigenvalue weighted by molar-refractivity contribution is 0.0411. The average molecular weight is 226 g/mol. The molecule has 0 aromatic carbocycles. The van der Waals surface area contributed by atoms with Crippen LogP contribution in [0.15, 0.2) is 0 Å². The molecule has 0 aromatic rings. The third kappa shape index (κ3) is 3.44. The Kier molecular flexibility index (Phi) is 5.07. The molecule has 2 rings (SSSR count). The molecular weight excluding hydrogens is 200 g/mol. The molecule has 0 spiro atoms. The minimum Gasteiger partial charge on any atom is -0.381 e. The van der Waals surface area contributed by atoms with Crippen LogP contribution < -0.4 is 5.32 Å². The first-order chi connectivity index (χ1) is 7.90. The zero-order valence-corrected chi connectivity index (χ0v) is 10.6. The summed E-state index contributed by atoms with van der Waals surface area (Å²) in [4.78, 5) is 2.70. The Labute approximate surface area is 99.5 Å². The second-order valence-corrected chi connectivity index (χ2v) is 5.20. The van der Waals surface area contributed by atoms with Crippen LogP contribution in [-0.4, -0.2) is 50.3 Å². The van der Waals surface area contributed by atoms with Gasteiger partial charge in [0.15, 0.2) is 0 Å². The highest BCUT2D eigenvalue weighted by Crippen LogP contribution is 2.23. The number of nitrogens with one attached hydrogen (secondary N) is 1. The molecule has 0 radical (unpaired) electrons. The molecule has 1 atom stereocenters. The van der Waals surface area contributed by atoms with Crippen LogP contribution in [0.3, 0.4) is 0 Å². The van der Waals surface area contributed by atoms with E-state index in [2.05, 4.69) is 17.1 Å². The van der Waals surface area contributed by atoms with E-state index in [0.29, 0.717) is 0 Å². The van der Waals surface area contributed by atoms with Crippen LogP contribution in [0.1, 0.15) is 32.6 Å². The third-order valence-electron chi connectivity index (χ3n) is 3.88. The molecule has 1 unspecified atom stereocenters. The first-order valence-corrected chi connectivity index (χ1v) is 6.92.